The summed E-state index contributed by atoms with van der Waals surface area (Å²) in [5, 5.41) is 15.6. The second-order valence-electron chi connectivity index (χ2n) is 6.21. The van der Waals surface area contributed by atoms with Gasteiger partial charge in [0.1, 0.15) is 11.5 Å². The molecule has 0 aliphatic carbocycles. The van der Waals surface area contributed by atoms with Gasteiger partial charge in [-0.25, -0.2) is 0 Å². The Morgan fingerprint density at radius 2 is 2.26 bits per heavy atom. The number of carbonyl (C=O) groups excluding carboxylic acids is 1. The van der Waals surface area contributed by atoms with Crippen LogP contribution in [-0.2, 0) is 9.53 Å². The van der Waals surface area contributed by atoms with Crippen molar-refractivity contribution in [1.82, 2.24) is 15.5 Å². The Morgan fingerprint density at radius 3 is 2.87 bits per heavy atom. The van der Waals surface area contributed by atoms with Crippen LogP contribution in [0.5, 0.6) is 0 Å². The number of aliphatic hydroxyl groups excluding tert-OH is 1. The van der Waals surface area contributed by atoms with E-state index in [9.17, 15) is 9.90 Å². The summed E-state index contributed by atoms with van der Waals surface area (Å²) in [4.78, 5) is 14.5. The third-order valence-corrected chi connectivity index (χ3v) is 4.47. The van der Waals surface area contributed by atoms with Gasteiger partial charge in [0.2, 0.25) is 5.91 Å². The van der Waals surface area contributed by atoms with E-state index in [0.717, 1.165) is 24.6 Å². The molecule has 0 radical (unpaired) electrons. The number of aryl methyl sites for hydroxylation is 1. The molecule has 128 valence electrons. The fourth-order valence-corrected chi connectivity index (χ4v) is 3.17. The van der Waals surface area contributed by atoms with Gasteiger partial charge >= 0.3 is 0 Å². The molecule has 3 rings (SSSR count). The normalized spacial score (nSPS) is 27.0. The second-order valence-corrected chi connectivity index (χ2v) is 6.21. The molecule has 2 aliphatic rings. The fourth-order valence-electron chi connectivity index (χ4n) is 3.17. The van der Waals surface area contributed by atoms with Crippen molar-refractivity contribution in [2.45, 2.75) is 31.5 Å². The Labute approximate surface area is 136 Å². The highest BCUT2D eigenvalue weighted by atomic mass is 16.5. The van der Waals surface area contributed by atoms with Crippen LogP contribution in [0, 0.1) is 6.92 Å². The largest absolute Gasteiger partial charge is 0.465 e. The molecule has 0 aromatic carbocycles. The van der Waals surface area contributed by atoms with Crippen LogP contribution in [0.1, 0.15) is 24.0 Å². The lowest BCUT2D eigenvalue weighted by molar-refractivity contribution is -0.123. The van der Waals surface area contributed by atoms with Crippen molar-refractivity contribution in [2.24, 2.45) is 0 Å². The molecule has 0 bridgehead atoms. The number of carbonyl (C=O) groups is 1. The van der Waals surface area contributed by atoms with Crippen molar-refractivity contribution in [1.29, 1.82) is 0 Å². The maximum atomic E-state index is 12.3. The van der Waals surface area contributed by atoms with Gasteiger partial charge in [0.15, 0.2) is 0 Å². The number of furan rings is 1. The zero-order valence-corrected chi connectivity index (χ0v) is 13.5. The van der Waals surface area contributed by atoms with E-state index in [1.807, 2.05) is 19.1 Å². The van der Waals surface area contributed by atoms with Gasteiger partial charge in [-0.3, -0.25) is 9.69 Å². The maximum absolute atomic E-state index is 12.3. The molecule has 1 amide bonds. The number of ether oxygens (including phenoxy) is 1. The van der Waals surface area contributed by atoms with Gasteiger partial charge in [0.25, 0.3) is 0 Å². The summed E-state index contributed by atoms with van der Waals surface area (Å²) in [6.07, 6.45) is 0.0296. The van der Waals surface area contributed by atoms with Gasteiger partial charge < -0.3 is 24.9 Å². The van der Waals surface area contributed by atoms with Crippen LogP contribution in [0.2, 0.25) is 0 Å². The SMILES string of the molecule is Cc1ccc([C@H](CNC(=O)[C@@H]2C[C@@H](O)CN2)N2CCOCC2)o1. The predicted octanol–water partition coefficient (Wildman–Crippen LogP) is -0.200. The van der Waals surface area contributed by atoms with E-state index < -0.39 is 6.10 Å². The summed E-state index contributed by atoms with van der Waals surface area (Å²) in [5.41, 5.74) is 0. The molecule has 2 fully saturated rings. The number of aliphatic hydroxyl groups is 1. The van der Waals surface area contributed by atoms with Crippen molar-refractivity contribution >= 4 is 5.91 Å². The molecule has 1 aromatic heterocycles. The Balaban J connectivity index is 1.62. The molecule has 2 saturated heterocycles. The second kappa shape index (κ2) is 7.44. The third kappa shape index (κ3) is 4.11. The first kappa shape index (κ1) is 16.4. The average Bonchev–Trinajstić information content (AvgIpc) is 3.17. The summed E-state index contributed by atoms with van der Waals surface area (Å²) < 4.78 is 11.2. The molecule has 0 spiro atoms. The Hall–Kier alpha value is -1.41. The number of amides is 1. The highest BCUT2D eigenvalue weighted by Gasteiger charge is 2.30. The molecule has 1 aromatic rings. The Bertz CT molecular complexity index is 527. The van der Waals surface area contributed by atoms with E-state index in [2.05, 4.69) is 15.5 Å². The van der Waals surface area contributed by atoms with E-state index in [-0.39, 0.29) is 18.0 Å². The zero-order valence-electron chi connectivity index (χ0n) is 13.5. The highest BCUT2D eigenvalue weighted by Crippen LogP contribution is 2.23. The Kier molecular flexibility index (Phi) is 5.32. The van der Waals surface area contributed by atoms with Crippen LogP contribution in [-0.4, -0.2) is 67.5 Å². The number of morpholine rings is 1. The lowest BCUT2D eigenvalue weighted by atomic mass is 10.1. The van der Waals surface area contributed by atoms with Gasteiger partial charge in [-0.15, -0.1) is 0 Å². The van der Waals surface area contributed by atoms with Crippen molar-refractivity contribution in [3.8, 4) is 0 Å². The summed E-state index contributed by atoms with van der Waals surface area (Å²) >= 11 is 0. The van der Waals surface area contributed by atoms with Gasteiger partial charge in [-0.1, -0.05) is 0 Å². The maximum Gasteiger partial charge on any atom is 0.237 e. The molecule has 3 N–H and O–H groups in total. The van der Waals surface area contributed by atoms with E-state index in [4.69, 9.17) is 9.15 Å². The quantitative estimate of drug-likeness (QED) is 0.696. The highest BCUT2D eigenvalue weighted by molar-refractivity contribution is 5.82. The van der Waals surface area contributed by atoms with Gasteiger partial charge in [-0.05, 0) is 25.5 Å². The van der Waals surface area contributed by atoms with Crippen LogP contribution < -0.4 is 10.6 Å². The molecule has 23 heavy (non-hydrogen) atoms. The lowest BCUT2D eigenvalue weighted by Crippen LogP contribution is -2.47. The number of nitrogens with zero attached hydrogens (tertiary/aromatic N) is 1. The first-order valence-electron chi connectivity index (χ1n) is 8.21. The smallest absolute Gasteiger partial charge is 0.237 e. The van der Waals surface area contributed by atoms with E-state index >= 15 is 0 Å². The van der Waals surface area contributed by atoms with Crippen molar-refractivity contribution in [3.63, 3.8) is 0 Å². The molecular formula is C16H25N3O4. The van der Waals surface area contributed by atoms with Crippen LogP contribution in [0.15, 0.2) is 16.5 Å². The lowest BCUT2D eigenvalue weighted by Gasteiger charge is -2.33. The van der Waals surface area contributed by atoms with Gasteiger partial charge in [0.05, 0.1) is 31.4 Å². The topological polar surface area (TPSA) is 87.0 Å². The zero-order chi connectivity index (χ0) is 16.2. The Morgan fingerprint density at radius 1 is 1.48 bits per heavy atom. The van der Waals surface area contributed by atoms with Crippen LogP contribution in [0.3, 0.4) is 0 Å². The van der Waals surface area contributed by atoms with Crippen molar-refractivity contribution in [2.75, 3.05) is 39.4 Å². The number of rotatable bonds is 5. The first-order valence-corrected chi connectivity index (χ1v) is 8.21. The fraction of sp³-hybridized carbons (Fsp3) is 0.688. The summed E-state index contributed by atoms with van der Waals surface area (Å²) in [6, 6.07) is 3.61. The molecule has 0 unspecified atom stereocenters. The van der Waals surface area contributed by atoms with Gasteiger partial charge in [-0.2, -0.15) is 0 Å². The molecule has 3 atom stereocenters. The molecule has 0 saturated carbocycles. The monoisotopic (exact) mass is 323 g/mol. The van der Waals surface area contributed by atoms with Gasteiger partial charge in [0, 0.05) is 26.2 Å². The number of hydrogen-bond donors (Lipinski definition) is 3. The third-order valence-electron chi connectivity index (χ3n) is 4.47. The minimum absolute atomic E-state index is 0.00266. The number of β-amino-alcohol motifs (C(OH)–C–C–N with tert-alkyl or cyclic N) is 1. The minimum Gasteiger partial charge on any atom is -0.465 e. The van der Waals surface area contributed by atoms with E-state index in [1.165, 1.54) is 0 Å². The van der Waals surface area contributed by atoms with Crippen molar-refractivity contribution in [3.05, 3.63) is 23.7 Å². The standard InChI is InChI=1S/C16H25N3O4/c1-11-2-3-15(23-11)14(19-4-6-22-7-5-19)10-18-16(21)13-8-12(20)9-17-13/h2-3,12-14,17,20H,4-10H2,1H3,(H,18,21)/t12-,13+,14+/m1/s1. The number of nitrogens with one attached hydrogen (secondary N) is 2. The predicted molar refractivity (Wildman–Crippen MR) is 84.0 cm³/mol. The summed E-state index contributed by atoms with van der Waals surface area (Å²) in [5.74, 6) is 1.66. The minimum atomic E-state index is -0.437. The van der Waals surface area contributed by atoms with E-state index in [0.29, 0.717) is 32.7 Å². The van der Waals surface area contributed by atoms with Crippen molar-refractivity contribution < 1.29 is 19.1 Å². The molecule has 7 nitrogen and oxygen atoms in total. The first-order chi connectivity index (χ1) is 11.1. The van der Waals surface area contributed by atoms with E-state index in [1.54, 1.807) is 0 Å². The molecule has 3 heterocycles. The molecular weight excluding hydrogens is 298 g/mol. The van der Waals surface area contributed by atoms with Crippen LogP contribution >= 0.6 is 0 Å². The summed E-state index contributed by atoms with van der Waals surface area (Å²) in [7, 11) is 0. The summed E-state index contributed by atoms with van der Waals surface area (Å²) in [6.45, 7) is 5.91. The average molecular weight is 323 g/mol. The van der Waals surface area contributed by atoms with Crippen LogP contribution in [0.25, 0.3) is 0 Å². The molecule has 7 heteroatoms. The molecule has 2 aliphatic heterocycles. The number of hydrogen-bond acceptors (Lipinski definition) is 6. The van der Waals surface area contributed by atoms with Crippen LogP contribution in [0.4, 0.5) is 0 Å².